The molecular weight excluding hydrogens is 286 g/mol. The summed E-state index contributed by atoms with van der Waals surface area (Å²) in [6.07, 6.45) is 2.18. The summed E-state index contributed by atoms with van der Waals surface area (Å²) >= 11 is 5.58. The summed E-state index contributed by atoms with van der Waals surface area (Å²) in [6.45, 7) is 3.88. The van der Waals surface area contributed by atoms with Crippen LogP contribution in [-0.2, 0) is 19.9 Å². The van der Waals surface area contributed by atoms with Crippen LogP contribution in [-0.4, -0.2) is 50.9 Å². The van der Waals surface area contributed by atoms with Gasteiger partial charge < -0.3 is 0 Å². The summed E-state index contributed by atoms with van der Waals surface area (Å²) in [6, 6.07) is -0.194. The Labute approximate surface area is 109 Å². The molecule has 17 heavy (non-hydrogen) atoms. The van der Waals surface area contributed by atoms with E-state index in [1.165, 1.54) is 4.31 Å². The lowest BCUT2D eigenvalue weighted by Gasteiger charge is -2.28. The van der Waals surface area contributed by atoms with E-state index in [9.17, 15) is 16.8 Å². The van der Waals surface area contributed by atoms with Gasteiger partial charge in [-0.05, 0) is 12.8 Å². The molecule has 0 fully saturated rings. The van der Waals surface area contributed by atoms with Crippen molar-refractivity contribution in [1.29, 1.82) is 0 Å². The number of sulfone groups is 1. The monoisotopic (exact) mass is 305 g/mol. The minimum atomic E-state index is -3.80. The molecule has 0 aromatic rings. The molecule has 0 aromatic heterocycles. The third-order valence-corrected chi connectivity index (χ3v) is 6.64. The van der Waals surface area contributed by atoms with Gasteiger partial charge >= 0.3 is 0 Å². The molecule has 0 unspecified atom stereocenters. The Morgan fingerprint density at radius 3 is 1.88 bits per heavy atom. The van der Waals surface area contributed by atoms with Crippen LogP contribution >= 0.6 is 11.6 Å². The Kier molecular flexibility index (Phi) is 6.98. The minimum Gasteiger partial charge on any atom is -0.228 e. The molecule has 0 aliphatic carbocycles. The van der Waals surface area contributed by atoms with Gasteiger partial charge in [0.2, 0.25) is 10.0 Å². The number of hydrogen-bond donors (Lipinski definition) is 0. The molecule has 0 radical (unpaired) electrons. The Hall–Kier alpha value is 0.150. The number of nitrogens with zero attached hydrogens (tertiary/aromatic N) is 1. The zero-order valence-corrected chi connectivity index (χ0v) is 12.8. The third-order valence-electron chi connectivity index (χ3n) is 2.37. The van der Waals surface area contributed by atoms with E-state index in [0.29, 0.717) is 12.8 Å². The maximum atomic E-state index is 12.0. The fraction of sp³-hybridized carbons (Fsp3) is 1.00. The van der Waals surface area contributed by atoms with Gasteiger partial charge in [-0.2, -0.15) is 4.31 Å². The van der Waals surface area contributed by atoms with E-state index in [-0.39, 0.29) is 18.5 Å². The molecule has 0 saturated heterocycles. The van der Waals surface area contributed by atoms with Crippen LogP contribution in [0.15, 0.2) is 0 Å². The van der Waals surface area contributed by atoms with E-state index in [0.717, 1.165) is 6.26 Å². The molecule has 0 aromatic carbocycles. The number of hydrogen-bond acceptors (Lipinski definition) is 4. The van der Waals surface area contributed by atoms with Crippen molar-refractivity contribution in [3.8, 4) is 0 Å². The van der Waals surface area contributed by atoms with E-state index >= 15 is 0 Å². The molecule has 104 valence electrons. The lowest BCUT2D eigenvalue weighted by molar-refractivity contribution is 0.318. The Morgan fingerprint density at radius 2 is 1.59 bits per heavy atom. The Morgan fingerprint density at radius 1 is 1.12 bits per heavy atom. The molecule has 0 N–H and O–H groups in total. The first kappa shape index (κ1) is 17.2. The molecule has 0 rings (SSSR count). The van der Waals surface area contributed by atoms with Crippen LogP contribution < -0.4 is 0 Å². The van der Waals surface area contributed by atoms with Crippen molar-refractivity contribution >= 4 is 31.5 Å². The molecule has 0 aliphatic heterocycles. The summed E-state index contributed by atoms with van der Waals surface area (Å²) in [5.74, 6) is 0.152. The van der Waals surface area contributed by atoms with Crippen LogP contribution in [0.1, 0.15) is 26.7 Å². The fourth-order valence-electron chi connectivity index (χ4n) is 1.67. The van der Waals surface area contributed by atoms with E-state index in [1.807, 2.05) is 13.8 Å². The molecule has 0 heterocycles. The summed E-state index contributed by atoms with van der Waals surface area (Å²) in [7, 11) is -7.37. The smallest absolute Gasteiger partial charge is 0.228 e. The topological polar surface area (TPSA) is 71.5 Å². The van der Waals surface area contributed by atoms with E-state index in [1.54, 1.807) is 0 Å². The molecule has 8 heteroatoms. The maximum Gasteiger partial charge on any atom is 0.228 e. The lowest BCUT2D eigenvalue weighted by Crippen LogP contribution is -2.43. The van der Waals surface area contributed by atoms with Crippen LogP contribution in [0.25, 0.3) is 0 Å². The second-order valence-electron chi connectivity index (χ2n) is 3.93. The third kappa shape index (κ3) is 6.03. The van der Waals surface area contributed by atoms with Gasteiger partial charge in [0, 0.05) is 24.7 Å². The first-order chi connectivity index (χ1) is 7.68. The number of rotatable bonds is 8. The zero-order chi connectivity index (χ0) is 13.7. The van der Waals surface area contributed by atoms with Crippen molar-refractivity contribution in [2.75, 3.05) is 23.8 Å². The van der Waals surface area contributed by atoms with Gasteiger partial charge in [0.1, 0.15) is 0 Å². The van der Waals surface area contributed by atoms with Crippen molar-refractivity contribution in [2.45, 2.75) is 32.7 Å². The van der Waals surface area contributed by atoms with Crippen molar-refractivity contribution in [2.24, 2.45) is 0 Å². The first-order valence-corrected chi connectivity index (χ1v) is 9.61. The van der Waals surface area contributed by atoms with E-state index in [2.05, 4.69) is 0 Å². The second-order valence-corrected chi connectivity index (χ2v) is 8.73. The van der Waals surface area contributed by atoms with Crippen molar-refractivity contribution in [3.63, 3.8) is 0 Å². The normalized spacial score (nSPS) is 13.5. The van der Waals surface area contributed by atoms with Crippen LogP contribution in [0.5, 0.6) is 0 Å². The Balaban J connectivity index is 5.17. The van der Waals surface area contributed by atoms with Gasteiger partial charge in [-0.15, -0.1) is 11.6 Å². The predicted molar refractivity (Wildman–Crippen MR) is 70.4 cm³/mol. The molecule has 0 spiro atoms. The van der Waals surface area contributed by atoms with Crippen LogP contribution in [0.2, 0.25) is 0 Å². The van der Waals surface area contributed by atoms with Gasteiger partial charge in [0.05, 0.1) is 0 Å². The summed E-state index contributed by atoms with van der Waals surface area (Å²) in [4.78, 5) is 0. The Bertz CT molecular complexity index is 414. The molecule has 0 saturated carbocycles. The molecule has 0 atom stereocenters. The lowest BCUT2D eigenvalue weighted by atomic mass is 10.2. The average Bonchev–Trinajstić information content (AvgIpc) is 2.14. The van der Waals surface area contributed by atoms with Gasteiger partial charge in [-0.3, -0.25) is 0 Å². The zero-order valence-electron chi connectivity index (χ0n) is 10.4. The quantitative estimate of drug-likeness (QED) is 0.628. The van der Waals surface area contributed by atoms with E-state index < -0.39 is 24.9 Å². The van der Waals surface area contributed by atoms with E-state index in [4.69, 9.17) is 11.6 Å². The molecule has 0 aliphatic rings. The largest absolute Gasteiger partial charge is 0.228 e. The van der Waals surface area contributed by atoms with Crippen LogP contribution in [0.4, 0.5) is 0 Å². The number of halogens is 1. The summed E-state index contributed by atoms with van der Waals surface area (Å²) in [5, 5.41) is -0.854. The van der Waals surface area contributed by atoms with Gasteiger partial charge in [0.15, 0.2) is 14.9 Å². The summed E-state index contributed by atoms with van der Waals surface area (Å²) in [5.41, 5.74) is 0. The van der Waals surface area contributed by atoms with Crippen LogP contribution in [0.3, 0.4) is 0 Å². The highest BCUT2D eigenvalue weighted by Crippen LogP contribution is 2.15. The molecule has 5 nitrogen and oxygen atoms in total. The van der Waals surface area contributed by atoms with Gasteiger partial charge in [-0.25, -0.2) is 16.8 Å². The van der Waals surface area contributed by atoms with Gasteiger partial charge in [0.25, 0.3) is 0 Å². The molecular formula is C9H20ClNO4S2. The molecule has 0 bridgehead atoms. The highest BCUT2D eigenvalue weighted by atomic mass is 35.5. The summed E-state index contributed by atoms with van der Waals surface area (Å²) < 4.78 is 47.4. The van der Waals surface area contributed by atoms with Crippen molar-refractivity contribution in [3.05, 3.63) is 0 Å². The first-order valence-electron chi connectivity index (χ1n) is 5.41. The average molecular weight is 306 g/mol. The second kappa shape index (κ2) is 6.92. The number of alkyl halides is 1. The molecule has 0 amide bonds. The number of sulfonamides is 1. The van der Waals surface area contributed by atoms with Crippen molar-refractivity contribution in [1.82, 2.24) is 4.31 Å². The highest BCUT2D eigenvalue weighted by Gasteiger charge is 2.30. The van der Waals surface area contributed by atoms with Crippen LogP contribution in [0, 0.1) is 0 Å². The highest BCUT2D eigenvalue weighted by molar-refractivity contribution is 8.06. The van der Waals surface area contributed by atoms with Gasteiger partial charge in [-0.1, -0.05) is 13.8 Å². The predicted octanol–water partition coefficient (Wildman–Crippen LogP) is 1.05. The standard InChI is InChI=1S/C9H20ClNO4S2/c1-4-9(5-2)11(7-6-10)17(14,15)8-16(3,12)13/h9H,4-8H2,1-3H3. The maximum absolute atomic E-state index is 12.0. The SMILES string of the molecule is CCC(CC)N(CCCl)S(=O)(=O)CS(C)(=O)=O. The van der Waals surface area contributed by atoms with Crippen molar-refractivity contribution < 1.29 is 16.8 Å². The minimum absolute atomic E-state index is 0.145. The fourth-order valence-corrected chi connectivity index (χ4v) is 5.78.